The molecule has 3 rings (SSSR count). The summed E-state index contributed by atoms with van der Waals surface area (Å²) in [5.74, 6) is -0.786. The highest BCUT2D eigenvalue weighted by Crippen LogP contribution is 2.25. The van der Waals surface area contributed by atoms with Crippen LogP contribution in [0.3, 0.4) is 0 Å². The van der Waals surface area contributed by atoms with E-state index in [0.717, 1.165) is 6.07 Å². The van der Waals surface area contributed by atoms with Crippen LogP contribution in [0.1, 0.15) is 11.1 Å². The second-order valence-electron chi connectivity index (χ2n) is 6.79. The summed E-state index contributed by atoms with van der Waals surface area (Å²) in [6, 6.07) is 9.77. The third-order valence-electron chi connectivity index (χ3n) is 4.86. The van der Waals surface area contributed by atoms with E-state index in [4.69, 9.17) is 0 Å². The molecule has 2 aromatic rings. The summed E-state index contributed by atoms with van der Waals surface area (Å²) in [6.07, 6.45) is 2.64. The van der Waals surface area contributed by atoms with Crippen molar-refractivity contribution in [2.24, 2.45) is 0 Å². The minimum Gasteiger partial charge on any atom is -0.337 e. The standard InChI is InChI=1S/C20H20FN3O5S/c1-15-6-8-17(24(26)27)14-19(15)30(28,29)23-12-10-22(11-13-23)20(25)9-7-16-4-2-3-5-18(16)21/h2-9,14H,10-13H2,1H3. The minimum atomic E-state index is -3.94. The van der Waals surface area contributed by atoms with Crippen LogP contribution in [0.5, 0.6) is 0 Å². The molecule has 0 atom stereocenters. The van der Waals surface area contributed by atoms with E-state index >= 15 is 0 Å². The first kappa shape index (κ1) is 21.6. The van der Waals surface area contributed by atoms with E-state index in [1.807, 2.05) is 0 Å². The first-order valence-corrected chi connectivity index (χ1v) is 10.6. The zero-order valence-electron chi connectivity index (χ0n) is 16.2. The monoisotopic (exact) mass is 433 g/mol. The molecule has 0 saturated carbocycles. The number of halogens is 1. The Bertz CT molecular complexity index is 1110. The van der Waals surface area contributed by atoms with E-state index in [2.05, 4.69) is 0 Å². The predicted octanol–water partition coefficient (Wildman–Crippen LogP) is 2.59. The molecule has 1 aliphatic heterocycles. The summed E-state index contributed by atoms with van der Waals surface area (Å²) < 4.78 is 40.8. The summed E-state index contributed by atoms with van der Waals surface area (Å²) in [5, 5.41) is 11.0. The van der Waals surface area contributed by atoms with E-state index in [-0.39, 0.29) is 48.2 Å². The number of hydrogen-bond acceptors (Lipinski definition) is 5. The summed E-state index contributed by atoms with van der Waals surface area (Å²) in [7, 11) is -3.94. The highest BCUT2D eigenvalue weighted by Gasteiger charge is 2.31. The molecule has 1 fully saturated rings. The zero-order chi connectivity index (χ0) is 21.9. The van der Waals surface area contributed by atoms with Gasteiger partial charge in [0.1, 0.15) is 5.82 Å². The third kappa shape index (κ3) is 4.55. The molecule has 0 aromatic heterocycles. The average Bonchev–Trinajstić information content (AvgIpc) is 2.73. The summed E-state index contributed by atoms with van der Waals surface area (Å²) in [6.45, 7) is 2.01. The highest BCUT2D eigenvalue weighted by molar-refractivity contribution is 7.89. The molecular weight excluding hydrogens is 413 g/mol. The molecule has 1 heterocycles. The Morgan fingerprint density at radius 3 is 2.43 bits per heavy atom. The molecule has 0 aliphatic carbocycles. The number of non-ortho nitro benzene ring substituents is 1. The van der Waals surface area contributed by atoms with Crippen LogP contribution in [0.2, 0.25) is 0 Å². The first-order valence-electron chi connectivity index (χ1n) is 9.17. The number of aryl methyl sites for hydroxylation is 1. The van der Waals surface area contributed by atoms with Gasteiger partial charge in [0.15, 0.2) is 0 Å². The Balaban J connectivity index is 1.69. The van der Waals surface area contributed by atoms with Crippen molar-refractivity contribution < 1.29 is 22.5 Å². The normalized spacial score (nSPS) is 15.5. The lowest BCUT2D eigenvalue weighted by molar-refractivity contribution is -0.385. The Hall–Kier alpha value is -3.11. The van der Waals surface area contributed by atoms with E-state index in [9.17, 15) is 27.7 Å². The maximum Gasteiger partial charge on any atom is 0.270 e. The van der Waals surface area contributed by atoms with Crippen molar-refractivity contribution in [2.75, 3.05) is 26.2 Å². The van der Waals surface area contributed by atoms with Crippen LogP contribution in [0.25, 0.3) is 6.08 Å². The summed E-state index contributed by atoms with van der Waals surface area (Å²) in [4.78, 5) is 24.1. The maximum atomic E-state index is 13.6. The fraction of sp³-hybridized carbons (Fsp3) is 0.250. The van der Waals surface area contributed by atoms with Gasteiger partial charge in [-0.3, -0.25) is 14.9 Å². The van der Waals surface area contributed by atoms with Crippen molar-refractivity contribution in [2.45, 2.75) is 11.8 Å². The van der Waals surface area contributed by atoms with Gasteiger partial charge in [-0.1, -0.05) is 24.3 Å². The number of carbonyl (C=O) groups excluding carboxylic acids is 1. The number of nitro groups is 1. The van der Waals surface area contributed by atoms with Crippen molar-refractivity contribution >= 4 is 27.7 Å². The lowest BCUT2D eigenvalue weighted by Crippen LogP contribution is -2.50. The Morgan fingerprint density at radius 2 is 1.80 bits per heavy atom. The van der Waals surface area contributed by atoms with Gasteiger partial charge in [0, 0.05) is 50.0 Å². The molecule has 0 bridgehead atoms. The topological polar surface area (TPSA) is 101 Å². The number of rotatable bonds is 5. The molecule has 0 radical (unpaired) electrons. The third-order valence-corrected chi connectivity index (χ3v) is 6.90. The molecule has 10 heteroatoms. The molecule has 0 unspecified atom stereocenters. The first-order chi connectivity index (χ1) is 14.2. The van der Waals surface area contributed by atoms with E-state index in [1.54, 1.807) is 25.1 Å². The summed E-state index contributed by atoms with van der Waals surface area (Å²) >= 11 is 0. The lowest BCUT2D eigenvalue weighted by Gasteiger charge is -2.33. The van der Waals surface area contributed by atoms with Crippen LogP contribution in [0.15, 0.2) is 53.4 Å². The van der Waals surface area contributed by atoms with Gasteiger partial charge >= 0.3 is 0 Å². The van der Waals surface area contributed by atoms with E-state index < -0.39 is 20.8 Å². The fourth-order valence-electron chi connectivity index (χ4n) is 3.14. The van der Waals surface area contributed by atoms with E-state index in [0.29, 0.717) is 5.56 Å². The quantitative estimate of drug-likeness (QED) is 0.410. The molecule has 158 valence electrons. The average molecular weight is 433 g/mol. The second-order valence-corrected chi connectivity index (χ2v) is 8.70. The Kier molecular flexibility index (Phi) is 6.28. The fourth-order valence-corrected chi connectivity index (χ4v) is 4.81. The molecule has 8 nitrogen and oxygen atoms in total. The Labute approximate surface area is 173 Å². The van der Waals surface area contributed by atoms with Gasteiger partial charge in [0.2, 0.25) is 15.9 Å². The van der Waals surface area contributed by atoms with Crippen molar-refractivity contribution in [3.05, 3.63) is 75.6 Å². The van der Waals surface area contributed by atoms with Crippen LogP contribution in [-0.4, -0.2) is 54.6 Å². The Morgan fingerprint density at radius 1 is 1.13 bits per heavy atom. The number of hydrogen-bond donors (Lipinski definition) is 0. The predicted molar refractivity (Wildman–Crippen MR) is 109 cm³/mol. The zero-order valence-corrected chi connectivity index (χ0v) is 17.0. The maximum absolute atomic E-state index is 13.6. The van der Waals surface area contributed by atoms with Gasteiger partial charge in [-0.2, -0.15) is 4.31 Å². The van der Waals surface area contributed by atoms with Crippen molar-refractivity contribution in [1.82, 2.24) is 9.21 Å². The number of benzene rings is 2. The van der Waals surface area contributed by atoms with Crippen molar-refractivity contribution in [1.29, 1.82) is 0 Å². The molecule has 0 N–H and O–H groups in total. The van der Waals surface area contributed by atoms with Gasteiger partial charge in [-0.15, -0.1) is 0 Å². The van der Waals surface area contributed by atoms with Gasteiger partial charge in [0.05, 0.1) is 9.82 Å². The van der Waals surface area contributed by atoms with Gasteiger partial charge in [0.25, 0.3) is 5.69 Å². The van der Waals surface area contributed by atoms with E-state index in [1.165, 1.54) is 39.6 Å². The number of nitrogens with zero attached hydrogens (tertiary/aromatic N) is 3. The minimum absolute atomic E-state index is 0.0593. The largest absolute Gasteiger partial charge is 0.337 e. The molecule has 1 amide bonds. The molecule has 1 aliphatic rings. The van der Waals surface area contributed by atoms with Crippen LogP contribution in [0.4, 0.5) is 10.1 Å². The number of nitro benzene ring substituents is 1. The van der Waals surface area contributed by atoms with Crippen LogP contribution in [0, 0.1) is 22.9 Å². The smallest absolute Gasteiger partial charge is 0.270 e. The van der Waals surface area contributed by atoms with Gasteiger partial charge in [-0.25, -0.2) is 12.8 Å². The van der Waals surface area contributed by atoms with Crippen molar-refractivity contribution in [3.8, 4) is 0 Å². The number of sulfonamides is 1. The highest BCUT2D eigenvalue weighted by atomic mass is 32.2. The number of amides is 1. The molecule has 30 heavy (non-hydrogen) atoms. The SMILES string of the molecule is Cc1ccc([N+](=O)[O-])cc1S(=O)(=O)N1CCN(C(=O)C=Cc2ccccc2F)CC1. The van der Waals surface area contributed by atoms with Crippen LogP contribution >= 0.6 is 0 Å². The van der Waals surface area contributed by atoms with Crippen LogP contribution in [-0.2, 0) is 14.8 Å². The van der Waals surface area contributed by atoms with Gasteiger partial charge in [-0.05, 0) is 24.6 Å². The lowest BCUT2D eigenvalue weighted by atomic mass is 10.2. The van der Waals surface area contributed by atoms with Crippen LogP contribution < -0.4 is 0 Å². The molecular formula is C20H20FN3O5S. The number of piperazine rings is 1. The molecule has 0 spiro atoms. The van der Waals surface area contributed by atoms with Crippen molar-refractivity contribution in [3.63, 3.8) is 0 Å². The summed E-state index contributed by atoms with van der Waals surface area (Å²) in [5.41, 5.74) is 0.395. The molecule has 2 aromatic carbocycles. The van der Waals surface area contributed by atoms with Gasteiger partial charge < -0.3 is 4.90 Å². The number of carbonyl (C=O) groups is 1. The molecule has 1 saturated heterocycles. The second kappa shape index (κ2) is 8.72.